The second-order valence-corrected chi connectivity index (χ2v) is 6.54. The van der Waals surface area contributed by atoms with Gasteiger partial charge in [-0.15, -0.1) is 0 Å². The van der Waals surface area contributed by atoms with E-state index in [1.807, 2.05) is 25.1 Å². The Hall–Kier alpha value is -1.36. The Labute approximate surface area is 139 Å². The number of benzene rings is 1. The van der Waals surface area contributed by atoms with Crippen LogP contribution in [0.25, 0.3) is 0 Å². The Bertz CT molecular complexity index is 744. The summed E-state index contributed by atoms with van der Waals surface area (Å²) in [5.74, 6) is 0.981. The minimum Gasteiger partial charge on any atom is -0.311 e. The molecule has 1 atom stereocenters. The smallest absolute Gasteiger partial charge is 0.251 e. The second-order valence-electron chi connectivity index (χ2n) is 5.72. The molecule has 1 N–H and O–H groups in total. The minimum atomic E-state index is -0.0783. The van der Waals surface area contributed by atoms with Crippen LogP contribution in [0.1, 0.15) is 29.4 Å². The number of nitrogens with one attached hydrogen (secondary N) is 1. The summed E-state index contributed by atoms with van der Waals surface area (Å²) in [7, 11) is 0. The highest BCUT2D eigenvalue weighted by Crippen LogP contribution is 2.28. The van der Waals surface area contributed by atoms with Gasteiger partial charge in [-0.2, -0.15) is 0 Å². The molecule has 1 unspecified atom stereocenters. The highest BCUT2D eigenvalue weighted by atomic mass is 35.5. The van der Waals surface area contributed by atoms with Crippen LogP contribution < -0.4 is 5.56 Å². The Morgan fingerprint density at radius 3 is 2.86 bits per heavy atom. The first kappa shape index (κ1) is 15.5. The molecule has 2 heterocycles. The molecule has 1 aromatic carbocycles. The molecule has 4 nitrogen and oxygen atoms in total. The van der Waals surface area contributed by atoms with Crippen molar-refractivity contribution in [3.8, 4) is 0 Å². The van der Waals surface area contributed by atoms with Crippen molar-refractivity contribution in [1.82, 2.24) is 14.9 Å². The van der Waals surface area contributed by atoms with Gasteiger partial charge in [0, 0.05) is 25.1 Å². The summed E-state index contributed by atoms with van der Waals surface area (Å²) in [4.78, 5) is 21.1. The number of aryl methyl sites for hydroxylation is 1. The first-order chi connectivity index (χ1) is 10.5. The monoisotopic (exact) mass is 337 g/mol. The molecular formula is C16H17Cl2N3O. The lowest BCUT2D eigenvalue weighted by molar-refractivity contribution is 0.326. The van der Waals surface area contributed by atoms with Crippen LogP contribution in [0.5, 0.6) is 0 Å². The molecule has 0 aliphatic carbocycles. The zero-order chi connectivity index (χ0) is 15.7. The molecular weight excluding hydrogens is 321 g/mol. The van der Waals surface area contributed by atoms with Crippen LogP contribution in [0.3, 0.4) is 0 Å². The fourth-order valence-corrected chi connectivity index (χ4v) is 3.25. The van der Waals surface area contributed by atoms with E-state index < -0.39 is 0 Å². The standard InChI is InChI=1S/C16H17Cl2N3O/c1-10-19-15(7-16(22)20-10)12-4-5-21(9-12)8-11-2-3-13(17)14(18)6-11/h2-3,6-7,12H,4-5,8-9H2,1H3,(H,19,20,22). The summed E-state index contributed by atoms with van der Waals surface area (Å²) < 4.78 is 0. The van der Waals surface area contributed by atoms with Crippen LogP contribution in [0, 0.1) is 6.92 Å². The van der Waals surface area contributed by atoms with Crippen LogP contribution in [0.15, 0.2) is 29.1 Å². The van der Waals surface area contributed by atoms with Gasteiger partial charge in [-0.3, -0.25) is 9.69 Å². The number of aromatic nitrogens is 2. The molecule has 0 spiro atoms. The molecule has 6 heteroatoms. The summed E-state index contributed by atoms with van der Waals surface area (Å²) in [5, 5.41) is 1.16. The van der Waals surface area contributed by atoms with Gasteiger partial charge in [0.2, 0.25) is 0 Å². The number of aromatic amines is 1. The molecule has 1 saturated heterocycles. The van der Waals surface area contributed by atoms with Crippen molar-refractivity contribution in [2.45, 2.75) is 25.8 Å². The Balaban J connectivity index is 1.69. The Morgan fingerprint density at radius 1 is 1.32 bits per heavy atom. The number of hydrogen-bond donors (Lipinski definition) is 1. The van der Waals surface area contributed by atoms with E-state index in [0.717, 1.165) is 37.3 Å². The van der Waals surface area contributed by atoms with Crippen LogP contribution in [-0.4, -0.2) is 28.0 Å². The third kappa shape index (κ3) is 3.51. The SMILES string of the molecule is Cc1nc(C2CCN(Cc3ccc(Cl)c(Cl)c3)C2)cc(=O)[nH]1. The van der Waals surface area contributed by atoms with Crippen molar-refractivity contribution in [1.29, 1.82) is 0 Å². The molecule has 116 valence electrons. The van der Waals surface area contributed by atoms with Crippen molar-refractivity contribution in [3.05, 3.63) is 61.7 Å². The van der Waals surface area contributed by atoms with Gasteiger partial charge in [0.1, 0.15) is 5.82 Å². The van der Waals surface area contributed by atoms with E-state index in [0.29, 0.717) is 21.8 Å². The molecule has 0 saturated carbocycles. The molecule has 22 heavy (non-hydrogen) atoms. The van der Waals surface area contributed by atoms with Gasteiger partial charge < -0.3 is 4.98 Å². The van der Waals surface area contributed by atoms with Gasteiger partial charge in [0.05, 0.1) is 15.7 Å². The van der Waals surface area contributed by atoms with Crippen LogP contribution in [0.4, 0.5) is 0 Å². The van der Waals surface area contributed by atoms with Crippen LogP contribution >= 0.6 is 23.2 Å². The largest absolute Gasteiger partial charge is 0.311 e. The molecule has 0 bridgehead atoms. The number of H-pyrrole nitrogens is 1. The maximum atomic E-state index is 11.6. The molecule has 1 aromatic heterocycles. The van der Waals surface area contributed by atoms with E-state index in [1.54, 1.807) is 6.07 Å². The normalized spacial score (nSPS) is 18.8. The lowest BCUT2D eigenvalue weighted by Crippen LogP contribution is -2.20. The predicted molar refractivity (Wildman–Crippen MR) is 88.7 cm³/mol. The second kappa shape index (κ2) is 6.41. The molecule has 3 rings (SSSR count). The number of halogens is 2. The van der Waals surface area contributed by atoms with Gasteiger partial charge in [-0.1, -0.05) is 29.3 Å². The fourth-order valence-electron chi connectivity index (χ4n) is 2.93. The maximum Gasteiger partial charge on any atom is 0.251 e. The number of likely N-dealkylation sites (tertiary alicyclic amines) is 1. The third-order valence-electron chi connectivity index (χ3n) is 3.96. The molecule has 0 amide bonds. The zero-order valence-electron chi connectivity index (χ0n) is 12.3. The van der Waals surface area contributed by atoms with E-state index in [-0.39, 0.29) is 5.56 Å². The molecule has 1 fully saturated rings. The first-order valence-corrected chi connectivity index (χ1v) is 8.01. The predicted octanol–water partition coefficient (Wildman–Crippen LogP) is 3.37. The molecule has 1 aliphatic heterocycles. The van der Waals surface area contributed by atoms with E-state index in [9.17, 15) is 4.79 Å². The molecule has 2 aromatic rings. The topological polar surface area (TPSA) is 49.0 Å². The summed E-state index contributed by atoms with van der Waals surface area (Å²) in [6.45, 7) is 4.53. The van der Waals surface area contributed by atoms with Crippen LogP contribution in [-0.2, 0) is 6.54 Å². The molecule has 1 aliphatic rings. The maximum absolute atomic E-state index is 11.6. The van der Waals surface area contributed by atoms with E-state index >= 15 is 0 Å². The van der Waals surface area contributed by atoms with E-state index in [1.165, 1.54) is 0 Å². The Kier molecular flexibility index (Phi) is 4.52. The average molecular weight is 338 g/mol. The van der Waals surface area contributed by atoms with Gasteiger partial charge in [-0.05, 0) is 37.6 Å². The van der Waals surface area contributed by atoms with Crippen LogP contribution in [0.2, 0.25) is 10.0 Å². The third-order valence-corrected chi connectivity index (χ3v) is 4.70. The van der Waals surface area contributed by atoms with Crippen molar-refractivity contribution < 1.29 is 0 Å². The zero-order valence-corrected chi connectivity index (χ0v) is 13.8. The minimum absolute atomic E-state index is 0.0783. The Morgan fingerprint density at radius 2 is 2.14 bits per heavy atom. The summed E-state index contributed by atoms with van der Waals surface area (Å²) >= 11 is 12.0. The lowest BCUT2D eigenvalue weighted by atomic mass is 10.0. The number of hydrogen-bond acceptors (Lipinski definition) is 3. The van der Waals surface area contributed by atoms with Crippen molar-refractivity contribution in [3.63, 3.8) is 0 Å². The lowest BCUT2D eigenvalue weighted by Gasteiger charge is -2.16. The summed E-state index contributed by atoms with van der Waals surface area (Å²) in [6.07, 6.45) is 1.01. The van der Waals surface area contributed by atoms with Gasteiger partial charge >= 0.3 is 0 Å². The molecule has 0 radical (unpaired) electrons. The summed E-state index contributed by atoms with van der Waals surface area (Å²) in [6, 6.07) is 7.35. The van der Waals surface area contributed by atoms with Crippen molar-refractivity contribution in [2.75, 3.05) is 13.1 Å². The van der Waals surface area contributed by atoms with Gasteiger partial charge in [0.25, 0.3) is 5.56 Å². The quantitative estimate of drug-likeness (QED) is 0.933. The highest BCUT2D eigenvalue weighted by Gasteiger charge is 2.25. The van der Waals surface area contributed by atoms with Crippen molar-refractivity contribution in [2.24, 2.45) is 0 Å². The fraction of sp³-hybridized carbons (Fsp3) is 0.375. The van der Waals surface area contributed by atoms with Crippen molar-refractivity contribution >= 4 is 23.2 Å². The average Bonchev–Trinajstić information content (AvgIpc) is 2.90. The van der Waals surface area contributed by atoms with E-state index in [4.69, 9.17) is 23.2 Å². The summed E-state index contributed by atoms with van der Waals surface area (Å²) in [5.41, 5.74) is 1.95. The number of nitrogens with zero attached hydrogens (tertiary/aromatic N) is 2. The first-order valence-electron chi connectivity index (χ1n) is 7.25. The highest BCUT2D eigenvalue weighted by molar-refractivity contribution is 6.42. The van der Waals surface area contributed by atoms with E-state index in [2.05, 4.69) is 14.9 Å². The van der Waals surface area contributed by atoms with Gasteiger partial charge in [0.15, 0.2) is 0 Å². The van der Waals surface area contributed by atoms with Gasteiger partial charge in [-0.25, -0.2) is 4.98 Å². The number of rotatable bonds is 3.